The first-order valence-corrected chi connectivity index (χ1v) is 8.40. The van der Waals surface area contributed by atoms with E-state index in [4.69, 9.17) is 5.73 Å². The highest BCUT2D eigenvalue weighted by Gasteiger charge is 2.19. The zero-order valence-corrected chi connectivity index (χ0v) is 12.4. The first-order valence-electron chi connectivity index (χ1n) is 6.91. The quantitative estimate of drug-likeness (QED) is 0.911. The molecule has 0 bridgehead atoms. The molecule has 0 aliphatic heterocycles. The van der Waals surface area contributed by atoms with E-state index >= 15 is 0 Å². The fourth-order valence-corrected chi connectivity index (χ4v) is 3.67. The molecule has 0 amide bonds. The molecular weight excluding hydrogens is 286 g/mol. The lowest BCUT2D eigenvalue weighted by atomic mass is 9.91. The van der Waals surface area contributed by atoms with Crippen LogP contribution in [0.15, 0.2) is 41.4 Å². The van der Waals surface area contributed by atoms with Gasteiger partial charge in [-0.2, -0.15) is 0 Å². The highest BCUT2D eigenvalue weighted by atomic mass is 32.2. The Hall–Kier alpha value is -2.08. The molecule has 1 aliphatic carbocycles. The number of nitrogens with zero attached hydrogens (tertiary/aromatic N) is 1. The molecule has 1 heterocycles. The minimum absolute atomic E-state index is 0.116. The van der Waals surface area contributed by atoms with E-state index in [0.717, 1.165) is 31.2 Å². The Balaban J connectivity index is 1.94. The summed E-state index contributed by atoms with van der Waals surface area (Å²) in [5.74, 6) is 0.297. The summed E-state index contributed by atoms with van der Waals surface area (Å²) in [6.45, 7) is 0. The van der Waals surface area contributed by atoms with Gasteiger partial charge in [0.1, 0.15) is 10.7 Å². The lowest BCUT2D eigenvalue weighted by Gasteiger charge is -2.20. The van der Waals surface area contributed by atoms with E-state index in [9.17, 15) is 8.42 Å². The van der Waals surface area contributed by atoms with E-state index in [1.807, 2.05) is 12.1 Å². The molecule has 0 saturated heterocycles. The standard InChI is InChI=1S/C15H17N3O2S/c16-15-9-8-12(10-17-15)21(19,20)18-14-7-3-5-11-4-1-2-6-13(11)14/h3,5,7-10,18H,1-2,4,6H2,(H2,16,17). The van der Waals surface area contributed by atoms with E-state index in [1.165, 1.54) is 23.9 Å². The first kappa shape index (κ1) is 13.9. The Kier molecular flexibility index (Phi) is 3.55. The van der Waals surface area contributed by atoms with Gasteiger partial charge in [-0.05, 0) is 55.0 Å². The van der Waals surface area contributed by atoms with Crippen molar-refractivity contribution in [3.05, 3.63) is 47.7 Å². The molecule has 21 heavy (non-hydrogen) atoms. The van der Waals surface area contributed by atoms with Crippen LogP contribution < -0.4 is 10.5 Å². The van der Waals surface area contributed by atoms with Crippen LogP contribution >= 0.6 is 0 Å². The molecule has 0 saturated carbocycles. The third-order valence-electron chi connectivity index (χ3n) is 3.71. The summed E-state index contributed by atoms with van der Waals surface area (Å²) < 4.78 is 27.5. The van der Waals surface area contributed by atoms with Crippen LogP contribution in [0.4, 0.5) is 11.5 Å². The number of hydrogen-bond acceptors (Lipinski definition) is 4. The Labute approximate surface area is 124 Å². The van der Waals surface area contributed by atoms with E-state index in [-0.39, 0.29) is 4.90 Å². The van der Waals surface area contributed by atoms with E-state index in [0.29, 0.717) is 11.5 Å². The van der Waals surface area contributed by atoms with Crippen molar-refractivity contribution < 1.29 is 8.42 Å². The number of aryl methyl sites for hydroxylation is 1. The maximum Gasteiger partial charge on any atom is 0.263 e. The molecule has 5 nitrogen and oxygen atoms in total. The number of aromatic nitrogens is 1. The Bertz CT molecular complexity index is 755. The third-order valence-corrected chi connectivity index (χ3v) is 5.06. The van der Waals surface area contributed by atoms with Gasteiger partial charge in [-0.25, -0.2) is 13.4 Å². The monoisotopic (exact) mass is 303 g/mol. The highest BCUT2D eigenvalue weighted by Crippen LogP contribution is 2.29. The Morgan fingerprint density at radius 2 is 1.90 bits per heavy atom. The SMILES string of the molecule is Nc1ccc(S(=O)(=O)Nc2cccc3c2CCCC3)cn1. The zero-order chi connectivity index (χ0) is 14.9. The van der Waals surface area contributed by atoms with Crippen LogP contribution in [-0.2, 0) is 22.9 Å². The van der Waals surface area contributed by atoms with Gasteiger partial charge in [0.15, 0.2) is 0 Å². The van der Waals surface area contributed by atoms with Gasteiger partial charge in [0, 0.05) is 6.20 Å². The van der Waals surface area contributed by atoms with E-state index in [2.05, 4.69) is 15.8 Å². The molecule has 0 unspecified atom stereocenters. The molecule has 0 fully saturated rings. The molecule has 3 rings (SSSR count). The van der Waals surface area contributed by atoms with Gasteiger partial charge in [-0.1, -0.05) is 12.1 Å². The number of sulfonamides is 1. The molecule has 1 aromatic heterocycles. The number of benzene rings is 1. The number of rotatable bonds is 3. The lowest BCUT2D eigenvalue weighted by Crippen LogP contribution is -2.16. The molecular formula is C15H17N3O2S. The van der Waals surface area contributed by atoms with Crippen LogP contribution in [0.5, 0.6) is 0 Å². The maximum absolute atomic E-state index is 12.4. The van der Waals surface area contributed by atoms with Crippen molar-refractivity contribution in [2.75, 3.05) is 10.5 Å². The maximum atomic E-state index is 12.4. The van der Waals surface area contributed by atoms with Gasteiger partial charge < -0.3 is 5.73 Å². The fourth-order valence-electron chi connectivity index (χ4n) is 2.63. The van der Waals surface area contributed by atoms with Crippen molar-refractivity contribution in [2.24, 2.45) is 0 Å². The highest BCUT2D eigenvalue weighted by molar-refractivity contribution is 7.92. The minimum Gasteiger partial charge on any atom is -0.384 e. The van der Waals surface area contributed by atoms with E-state index < -0.39 is 10.0 Å². The van der Waals surface area contributed by atoms with Gasteiger partial charge in [0.25, 0.3) is 10.0 Å². The van der Waals surface area contributed by atoms with Gasteiger partial charge in [-0.3, -0.25) is 4.72 Å². The Morgan fingerprint density at radius 1 is 1.10 bits per heavy atom. The zero-order valence-electron chi connectivity index (χ0n) is 11.5. The lowest BCUT2D eigenvalue weighted by molar-refractivity contribution is 0.600. The topological polar surface area (TPSA) is 85.1 Å². The third kappa shape index (κ3) is 2.85. The number of nitrogens with one attached hydrogen (secondary N) is 1. The van der Waals surface area contributed by atoms with Gasteiger partial charge in [-0.15, -0.1) is 0 Å². The molecule has 6 heteroatoms. The molecule has 1 aliphatic rings. The average Bonchev–Trinajstić information content (AvgIpc) is 2.48. The van der Waals surface area contributed by atoms with Crippen LogP contribution in [-0.4, -0.2) is 13.4 Å². The van der Waals surface area contributed by atoms with Gasteiger partial charge >= 0.3 is 0 Å². The number of nitrogen functional groups attached to an aromatic ring is 1. The summed E-state index contributed by atoms with van der Waals surface area (Å²) in [7, 11) is -3.63. The van der Waals surface area contributed by atoms with Gasteiger partial charge in [0.05, 0.1) is 5.69 Å². The Morgan fingerprint density at radius 3 is 2.67 bits per heavy atom. The molecule has 110 valence electrons. The fraction of sp³-hybridized carbons (Fsp3) is 0.267. The van der Waals surface area contributed by atoms with Gasteiger partial charge in [0.2, 0.25) is 0 Å². The summed E-state index contributed by atoms with van der Waals surface area (Å²) in [5.41, 5.74) is 8.50. The van der Waals surface area contributed by atoms with E-state index in [1.54, 1.807) is 0 Å². The average molecular weight is 303 g/mol. The molecule has 2 aromatic rings. The summed E-state index contributed by atoms with van der Waals surface area (Å²) in [6, 6.07) is 8.71. The van der Waals surface area contributed by atoms with Crippen molar-refractivity contribution >= 4 is 21.5 Å². The van der Waals surface area contributed by atoms with Crippen LogP contribution in [0.25, 0.3) is 0 Å². The predicted octanol–water partition coefficient (Wildman–Crippen LogP) is 2.34. The van der Waals surface area contributed by atoms with Crippen molar-refractivity contribution in [3.8, 4) is 0 Å². The van der Waals surface area contributed by atoms with Crippen LogP contribution in [0.3, 0.4) is 0 Å². The second-order valence-corrected chi connectivity index (χ2v) is 6.86. The number of anilines is 2. The molecule has 1 aromatic carbocycles. The largest absolute Gasteiger partial charge is 0.384 e. The van der Waals surface area contributed by atoms with Crippen LogP contribution in [0.2, 0.25) is 0 Å². The van der Waals surface area contributed by atoms with Crippen molar-refractivity contribution in [2.45, 2.75) is 30.6 Å². The molecule has 0 radical (unpaired) electrons. The summed E-state index contributed by atoms with van der Waals surface area (Å²) in [5, 5.41) is 0. The van der Waals surface area contributed by atoms with Crippen molar-refractivity contribution in [1.82, 2.24) is 4.98 Å². The second kappa shape index (κ2) is 5.37. The molecule has 0 atom stereocenters. The first-order chi connectivity index (χ1) is 10.1. The summed E-state index contributed by atoms with van der Waals surface area (Å²) in [4.78, 5) is 3.95. The number of pyridine rings is 1. The van der Waals surface area contributed by atoms with Crippen molar-refractivity contribution in [1.29, 1.82) is 0 Å². The minimum atomic E-state index is -3.63. The van der Waals surface area contributed by atoms with Crippen LogP contribution in [0.1, 0.15) is 24.0 Å². The van der Waals surface area contributed by atoms with Crippen LogP contribution in [0, 0.1) is 0 Å². The summed E-state index contributed by atoms with van der Waals surface area (Å²) >= 11 is 0. The smallest absolute Gasteiger partial charge is 0.263 e. The molecule has 0 spiro atoms. The normalized spacial score (nSPS) is 14.5. The number of hydrogen-bond donors (Lipinski definition) is 2. The second-order valence-electron chi connectivity index (χ2n) is 5.17. The number of fused-ring (bicyclic) bond motifs is 1. The molecule has 3 N–H and O–H groups in total. The predicted molar refractivity (Wildman–Crippen MR) is 82.5 cm³/mol. The van der Waals surface area contributed by atoms with Crippen molar-refractivity contribution in [3.63, 3.8) is 0 Å². The number of nitrogens with two attached hydrogens (primary N) is 1. The summed E-state index contributed by atoms with van der Waals surface area (Å²) in [6.07, 6.45) is 5.44.